The molecule has 2 heterocycles. The molecule has 2 aliphatic heterocycles. The summed E-state index contributed by atoms with van der Waals surface area (Å²) in [6.45, 7) is 0. The van der Waals surface area contributed by atoms with Gasteiger partial charge < -0.3 is 5.11 Å². The number of carbonyl (C=O) groups excluding carboxylic acids is 1. The van der Waals surface area contributed by atoms with Gasteiger partial charge in [-0.15, -0.1) is 11.8 Å². The molecule has 1 N–H and O–H groups in total. The van der Waals surface area contributed by atoms with Gasteiger partial charge in [0.25, 0.3) is 0 Å². The van der Waals surface area contributed by atoms with Crippen molar-refractivity contribution in [3.63, 3.8) is 0 Å². The van der Waals surface area contributed by atoms with Crippen molar-refractivity contribution in [1.29, 1.82) is 0 Å². The van der Waals surface area contributed by atoms with Crippen LogP contribution in [0, 0.1) is 0 Å². The maximum Gasteiger partial charge on any atom is 0.352 e. The molecule has 0 aliphatic carbocycles. The first-order chi connectivity index (χ1) is 7.65. The summed E-state index contributed by atoms with van der Waals surface area (Å²) >= 11 is 3.82. The second-order valence-corrected chi connectivity index (χ2v) is 5.52. The molecular weight excluding hydrogens is 341 g/mol. The minimum atomic E-state index is -1.01. The summed E-state index contributed by atoms with van der Waals surface area (Å²) in [5.41, 5.74) is 0.902. The first-order valence-electron chi connectivity index (χ1n) is 4.77. The van der Waals surface area contributed by atoms with E-state index in [1.54, 1.807) is 11.8 Å². The van der Waals surface area contributed by atoms with Gasteiger partial charge >= 0.3 is 5.97 Å². The van der Waals surface area contributed by atoms with Gasteiger partial charge in [0.15, 0.2) is 0 Å². The first-order valence-corrected chi connectivity index (χ1v) is 7.35. The molecule has 4 nitrogen and oxygen atoms in total. The zero-order chi connectivity index (χ0) is 11.7. The van der Waals surface area contributed by atoms with Gasteiger partial charge in [-0.25, -0.2) is 4.79 Å². The number of allylic oxidation sites excluding steroid dienone is 2. The fourth-order valence-electron chi connectivity index (χ4n) is 1.75. The fourth-order valence-corrected chi connectivity index (χ4v) is 3.24. The van der Waals surface area contributed by atoms with Crippen molar-refractivity contribution in [2.24, 2.45) is 0 Å². The molecule has 1 amide bonds. The molecule has 6 heteroatoms. The van der Waals surface area contributed by atoms with Gasteiger partial charge in [-0.1, -0.05) is 34.7 Å². The summed E-state index contributed by atoms with van der Waals surface area (Å²) in [5, 5.41) is 9.19. The molecule has 0 unspecified atom stereocenters. The van der Waals surface area contributed by atoms with E-state index in [9.17, 15) is 9.59 Å². The van der Waals surface area contributed by atoms with Gasteiger partial charge in [-0.3, -0.25) is 9.69 Å². The third kappa shape index (κ3) is 2.00. The van der Waals surface area contributed by atoms with E-state index >= 15 is 0 Å². The van der Waals surface area contributed by atoms with Crippen LogP contribution in [0.2, 0.25) is 0 Å². The number of halogens is 1. The molecule has 0 bridgehead atoms. The van der Waals surface area contributed by atoms with Gasteiger partial charge in [0, 0.05) is 10.2 Å². The number of amides is 1. The van der Waals surface area contributed by atoms with Gasteiger partial charge in [-0.05, 0) is 5.57 Å². The summed E-state index contributed by atoms with van der Waals surface area (Å²) in [6, 6.07) is 0. The Kier molecular flexibility index (Phi) is 3.58. The monoisotopic (exact) mass is 351 g/mol. The number of alkyl halides is 1. The normalized spacial score (nSPS) is 24.7. The molecule has 0 radical (unpaired) electrons. The highest BCUT2D eigenvalue weighted by atomic mass is 127. The molecule has 1 fully saturated rings. The maximum absolute atomic E-state index is 11.4. The molecule has 2 rings (SSSR count). The van der Waals surface area contributed by atoms with Crippen molar-refractivity contribution in [3.8, 4) is 0 Å². The number of hydrogen-bond donors (Lipinski definition) is 1. The van der Waals surface area contributed by atoms with Crippen LogP contribution >= 0.6 is 34.4 Å². The Balaban J connectivity index is 2.35. The van der Waals surface area contributed by atoms with Crippen molar-refractivity contribution in [1.82, 2.24) is 4.90 Å². The SMILES string of the molecule is O=C(O)C1=C(/C=C/CI)CS[C@@H]2CC(=O)N12. The van der Waals surface area contributed by atoms with E-state index < -0.39 is 5.97 Å². The van der Waals surface area contributed by atoms with Crippen LogP contribution in [0.4, 0.5) is 0 Å². The van der Waals surface area contributed by atoms with E-state index in [0.717, 1.165) is 10.0 Å². The van der Waals surface area contributed by atoms with Gasteiger partial charge in [-0.2, -0.15) is 0 Å². The molecular formula is C10H10INO3S. The Morgan fingerprint density at radius 2 is 2.44 bits per heavy atom. The molecule has 86 valence electrons. The number of rotatable bonds is 3. The van der Waals surface area contributed by atoms with Gasteiger partial charge in [0.05, 0.1) is 11.8 Å². The topological polar surface area (TPSA) is 57.6 Å². The minimum absolute atomic E-state index is 0.0374. The summed E-state index contributed by atoms with van der Waals surface area (Å²) in [5.74, 6) is -0.426. The molecule has 0 aromatic rings. The Bertz CT molecular complexity index is 405. The van der Waals surface area contributed by atoms with Crippen LogP contribution in [0.15, 0.2) is 23.4 Å². The number of carbonyl (C=O) groups is 2. The Morgan fingerprint density at radius 3 is 3.00 bits per heavy atom. The zero-order valence-corrected chi connectivity index (χ0v) is 11.3. The van der Waals surface area contributed by atoms with Crippen LogP contribution in [-0.4, -0.2) is 37.4 Å². The standard InChI is InChI=1S/C10H10INO3S/c11-3-1-2-6-5-16-8-4-7(13)12(8)9(6)10(14)15/h1-2,8H,3-5H2,(H,14,15)/b2-1+/t8-/m1/s1. The number of carboxylic acid groups (broad SMARTS) is 1. The largest absolute Gasteiger partial charge is 0.477 e. The molecule has 0 spiro atoms. The predicted octanol–water partition coefficient (Wildman–Crippen LogP) is 1.62. The minimum Gasteiger partial charge on any atom is -0.477 e. The number of hydrogen-bond acceptors (Lipinski definition) is 3. The number of carboxylic acids is 1. The lowest BCUT2D eigenvalue weighted by atomic mass is 10.1. The highest BCUT2D eigenvalue weighted by Crippen LogP contribution is 2.40. The summed E-state index contributed by atoms with van der Waals surface area (Å²) in [6.07, 6.45) is 4.18. The molecule has 2 aliphatic rings. The van der Waals surface area contributed by atoms with Crippen molar-refractivity contribution in [3.05, 3.63) is 23.4 Å². The van der Waals surface area contributed by atoms with E-state index in [1.165, 1.54) is 4.90 Å². The van der Waals surface area contributed by atoms with Crippen molar-refractivity contribution in [2.75, 3.05) is 10.2 Å². The first kappa shape index (κ1) is 12.0. The molecule has 0 aromatic heterocycles. The van der Waals surface area contributed by atoms with Crippen LogP contribution in [0.3, 0.4) is 0 Å². The number of nitrogens with zero attached hydrogens (tertiary/aromatic N) is 1. The van der Waals surface area contributed by atoms with E-state index in [2.05, 4.69) is 22.6 Å². The van der Waals surface area contributed by atoms with Crippen LogP contribution in [0.25, 0.3) is 0 Å². The van der Waals surface area contributed by atoms with Crippen molar-refractivity contribution in [2.45, 2.75) is 11.8 Å². The third-order valence-corrected chi connectivity index (χ3v) is 4.24. The Morgan fingerprint density at radius 1 is 1.69 bits per heavy atom. The van der Waals surface area contributed by atoms with Crippen molar-refractivity contribution < 1.29 is 14.7 Å². The summed E-state index contributed by atoms with van der Waals surface area (Å²) in [7, 11) is 0. The van der Waals surface area contributed by atoms with E-state index in [4.69, 9.17) is 5.11 Å². The average Bonchev–Trinajstić information content (AvgIpc) is 2.24. The van der Waals surface area contributed by atoms with Crippen LogP contribution in [0.1, 0.15) is 6.42 Å². The van der Waals surface area contributed by atoms with E-state index in [-0.39, 0.29) is 17.0 Å². The smallest absolute Gasteiger partial charge is 0.352 e. The van der Waals surface area contributed by atoms with Crippen LogP contribution in [-0.2, 0) is 9.59 Å². The maximum atomic E-state index is 11.4. The van der Waals surface area contributed by atoms with Gasteiger partial charge in [0.1, 0.15) is 5.70 Å². The van der Waals surface area contributed by atoms with Crippen LogP contribution < -0.4 is 0 Å². The molecule has 1 atom stereocenters. The summed E-state index contributed by atoms with van der Waals surface area (Å²) < 4.78 is 0.830. The molecule has 1 saturated heterocycles. The predicted molar refractivity (Wildman–Crippen MR) is 70.4 cm³/mol. The third-order valence-electron chi connectivity index (χ3n) is 2.49. The number of aliphatic carboxylic acids is 1. The quantitative estimate of drug-likeness (QED) is 0.477. The highest BCUT2D eigenvalue weighted by molar-refractivity contribution is 14.1. The summed E-state index contributed by atoms with van der Waals surface area (Å²) in [4.78, 5) is 24.0. The van der Waals surface area contributed by atoms with Gasteiger partial charge in [0.2, 0.25) is 5.91 Å². The lowest BCUT2D eigenvalue weighted by Gasteiger charge is -2.43. The highest BCUT2D eigenvalue weighted by Gasteiger charge is 2.44. The average molecular weight is 351 g/mol. The molecule has 0 saturated carbocycles. The Hall–Kier alpha value is -0.500. The molecule has 16 heavy (non-hydrogen) atoms. The van der Waals surface area contributed by atoms with Crippen LogP contribution in [0.5, 0.6) is 0 Å². The number of thioether (sulfide) groups is 1. The number of β-lactam (4-membered cyclic amide) rings is 1. The Labute approximate surface area is 111 Å². The second-order valence-electron chi connectivity index (χ2n) is 3.47. The number of fused-ring (bicyclic) bond motifs is 1. The molecule has 0 aromatic carbocycles. The zero-order valence-electron chi connectivity index (χ0n) is 8.35. The van der Waals surface area contributed by atoms with E-state index in [0.29, 0.717) is 12.2 Å². The lowest BCUT2D eigenvalue weighted by molar-refractivity contribution is -0.146. The van der Waals surface area contributed by atoms with Crippen molar-refractivity contribution >= 4 is 46.2 Å². The lowest BCUT2D eigenvalue weighted by Crippen LogP contribution is -2.53. The van der Waals surface area contributed by atoms with E-state index in [1.807, 2.05) is 12.2 Å². The second kappa shape index (κ2) is 4.79. The fraction of sp³-hybridized carbons (Fsp3) is 0.400.